The smallest absolute Gasteiger partial charge is 0.254 e. The normalized spacial score (nSPS) is 12.5. The molecule has 0 atom stereocenters. The van der Waals surface area contributed by atoms with Crippen LogP contribution in [0.25, 0.3) is 10.8 Å². The Bertz CT molecular complexity index is 607. The number of nitrogens with zero attached hydrogens (tertiary/aromatic N) is 1. The van der Waals surface area contributed by atoms with E-state index in [2.05, 4.69) is 5.10 Å². The van der Waals surface area contributed by atoms with Crippen molar-refractivity contribution in [2.45, 2.75) is 0 Å². The third-order valence-corrected chi connectivity index (χ3v) is 1.98. The van der Waals surface area contributed by atoms with E-state index in [9.17, 15) is 9.59 Å². The lowest BCUT2D eigenvalue weighted by Crippen LogP contribution is -2.31. The molecule has 0 saturated heterocycles. The van der Waals surface area contributed by atoms with Crippen molar-refractivity contribution in [3.8, 4) is 0 Å². The van der Waals surface area contributed by atoms with Gasteiger partial charge in [-0.15, -0.1) is 0 Å². The molecule has 4 nitrogen and oxygen atoms in total. The monoisotopic (exact) mass is 174 g/mol. The van der Waals surface area contributed by atoms with E-state index >= 15 is 0 Å². The summed E-state index contributed by atoms with van der Waals surface area (Å²) in [4.78, 5) is 22.5. The second kappa shape index (κ2) is 2.52. The van der Waals surface area contributed by atoms with Gasteiger partial charge in [-0.1, -0.05) is 24.3 Å². The first kappa shape index (κ1) is 7.67. The van der Waals surface area contributed by atoms with Gasteiger partial charge in [-0.2, -0.15) is 5.10 Å². The second-order valence-corrected chi connectivity index (χ2v) is 2.68. The molecular weight excluding hydrogens is 168 g/mol. The van der Waals surface area contributed by atoms with Crippen LogP contribution in [0.1, 0.15) is 0 Å². The molecule has 2 aromatic carbocycles. The maximum atomic E-state index is 11.3. The predicted octanol–water partition coefficient (Wildman–Crippen LogP) is -0.790. The highest BCUT2D eigenvalue weighted by Crippen LogP contribution is 2.01. The molecule has 2 N–H and O–H groups in total. The zero-order valence-corrected chi connectivity index (χ0v) is 6.65. The first-order valence-electron chi connectivity index (χ1n) is 3.72. The van der Waals surface area contributed by atoms with Crippen molar-refractivity contribution in [2.24, 2.45) is 10.9 Å². The van der Waals surface area contributed by atoms with Crippen LogP contribution in [0.5, 0.6) is 0 Å². The summed E-state index contributed by atoms with van der Waals surface area (Å²) in [7, 11) is 0. The fraction of sp³-hybridized carbons (Fsp3) is 0. The average Bonchev–Trinajstić information content (AvgIpc) is 2.41. The van der Waals surface area contributed by atoms with Gasteiger partial charge in [0, 0.05) is 10.8 Å². The van der Waals surface area contributed by atoms with Crippen LogP contribution in [-0.2, 0) is 0 Å². The minimum absolute atomic E-state index is 0.0561. The van der Waals surface area contributed by atoms with Gasteiger partial charge in [0.15, 0.2) is 0 Å². The van der Waals surface area contributed by atoms with Gasteiger partial charge in [-0.3, -0.25) is 9.59 Å². The van der Waals surface area contributed by atoms with E-state index in [0.29, 0.717) is 10.8 Å². The molecule has 0 radical (unpaired) electrons. The van der Waals surface area contributed by atoms with Gasteiger partial charge in [0.05, 0.1) is 0 Å². The van der Waals surface area contributed by atoms with Crippen LogP contribution in [0.15, 0.2) is 39.0 Å². The third-order valence-electron chi connectivity index (χ3n) is 1.98. The van der Waals surface area contributed by atoms with Crippen LogP contribution < -0.4 is 22.1 Å². The van der Waals surface area contributed by atoms with E-state index < -0.39 is 10.9 Å². The summed E-state index contributed by atoms with van der Waals surface area (Å²) in [6.07, 6.45) is 0. The molecule has 2 aromatic rings. The first-order chi connectivity index (χ1) is 6.25. The molecule has 0 heterocycles. The van der Waals surface area contributed by atoms with Crippen molar-refractivity contribution in [1.29, 1.82) is 0 Å². The van der Waals surface area contributed by atoms with Gasteiger partial charge < -0.3 is 5.84 Å². The van der Waals surface area contributed by atoms with Crippen molar-refractivity contribution in [3.63, 3.8) is 0 Å². The van der Waals surface area contributed by atoms with Crippen LogP contribution in [0.3, 0.4) is 0 Å². The highest BCUT2D eigenvalue weighted by Gasteiger charge is 2.08. The number of benzene rings is 1. The Balaban J connectivity index is 3.28. The molecule has 0 fully saturated rings. The van der Waals surface area contributed by atoms with Crippen LogP contribution in [0, 0.1) is 0 Å². The fourth-order valence-electron chi connectivity index (χ4n) is 1.37. The first-order valence-corrected chi connectivity index (χ1v) is 3.72. The fourth-order valence-corrected chi connectivity index (χ4v) is 1.37. The van der Waals surface area contributed by atoms with Crippen molar-refractivity contribution >= 4 is 10.8 Å². The molecule has 0 aromatic heterocycles. The maximum absolute atomic E-state index is 11.3. The third kappa shape index (κ3) is 0.885. The molecule has 0 spiro atoms. The van der Waals surface area contributed by atoms with Crippen molar-refractivity contribution < 1.29 is 0 Å². The molecular formula is C9H6N2O2. The Morgan fingerprint density at radius 1 is 1.00 bits per heavy atom. The largest absolute Gasteiger partial charge is 0.323 e. The number of nitrogens with two attached hydrogens (primary N) is 1. The van der Waals surface area contributed by atoms with E-state index in [4.69, 9.17) is 5.84 Å². The van der Waals surface area contributed by atoms with E-state index in [1.54, 1.807) is 24.3 Å². The van der Waals surface area contributed by atoms with Gasteiger partial charge in [0.1, 0.15) is 5.36 Å². The van der Waals surface area contributed by atoms with Crippen LogP contribution in [0.4, 0.5) is 0 Å². The zero-order valence-electron chi connectivity index (χ0n) is 6.65. The minimum Gasteiger partial charge on any atom is -0.323 e. The molecule has 0 saturated carbocycles. The summed E-state index contributed by atoms with van der Waals surface area (Å²) in [5, 5.41) is 4.28. The summed E-state index contributed by atoms with van der Waals surface area (Å²) >= 11 is 0. The quantitative estimate of drug-likeness (QED) is 0.323. The molecule has 0 aliphatic rings. The average molecular weight is 174 g/mol. The summed E-state index contributed by atoms with van der Waals surface area (Å²) in [6.45, 7) is 0. The standard InChI is InChI=1S/C9H6N2O2/c10-11-7-5-3-1-2-4-6(5)8(12)9(7)13/h1-4H,10H2. The molecule has 0 amide bonds. The summed E-state index contributed by atoms with van der Waals surface area (Å²) in [5.74, 6) is 5.02. The minimum atomic E-state index is -0.622. The topological polar surface area (TPSA) is 72.5 Å². The second-order valence-electron chi connectivity index (χ2n) is 2.68. The number of hydrogen-bond donors (Lipinski definition) is 1. The van der Waals surface area contributed by atoms with Crippen LogP contribution in [-0.4, -0.2) is 0 Å². The lowest BCUT2D eigenvalue weighted by molar-refractivity contribution is 1.14. The van der Waals surface area contributed by atoms with E-state index in [-0.39, 0.29) is 5.36 Å². The highest BCUT2D eigenvalue weighted by atomic mass is 16.2. The molecule has 0 aliphatic heterocycles. The molecule has 0 aliphatic carbocycles. The molecule has 13 heavy (non-hydrogen) atoms. The zero-order chi connectivity index (χ0) is 9.42. The van der Waals surface area contributed by atoms with Crippen molar-refractivity contribution in [1.82, 2.24) is 0 Å². The van der Waals surface area contributed by atoms with E-state index in [1.807, 2.05) is 0 Å². The van der Waals surface area contributed by atoms with Gasteiger partial charge in [-0.25, -0.2) is 0 Å². The van der Waals surface area contributed by atoms with Crippen molar-refractivity contribution in [3.05, 3.63) is 50.1 Å². The Kier molecular flexibility index (Phi) is 1.48. The molecule has 4 heteroatoms. The highest BCUT2D eigenvalue weighted by molar-refractivity contribution is 5.83. The Morgan fingerprint density at radius 3 is 2.23 bits per heavy atom. The van der Waals surface area contributed by atoms with Gasteiger partial charge >= 0.3 is 0 Å². The Hall–Kier alpha value is -1.97. The summed E-state index contributed by atoms with van der Waals surface area (Å²) in [5.41, 5.74) is -1.15. The summed E-state index contributed by atoms with van der Waals surface area (Å²) in [6, 6.07) is 6.68. The lowest BCUT2D eigenvalue weighted by Gasteiger charge is -1.83. The number of fused-ring (bicyclic) bond motifs is 1. The number of rotatable bonds is 0. The Labute approximate surface area is 72.6 Å². The van der Waals surface area contributed by atoms with E-state index in [1.165, 1.54) is 0 Å². The number of hydrogen-bond acceptors (Lipinski definition) is 4. The van der Waals surface area contributed by atoms with E-state index in [0.717, 1.165) is 0 Å². The van der Waals surface area contributed by atoms with Crippen LogP contribution >= 0.6 is 0 Å². The van der Waals surface area contributed by atoms with Crippen molar-refractivity contribution in [2.75, 3.05) is 0 Å². The SMILES string of the molecule is NN=c1c(=O)c(=O)c2ccccc12. The lowest BCUT2D eigenvalue weighted by atomic mass is 10.2. The molecule has 0 bridgehead atoms. The Morgan fingerprint density at radius 2 is 1.62 bits per heavy atom. The molecule has 2 rings (SSSR count). The molecule has 0 unspecified atom stereocenters. The predicted molar refractivity (Wildman–Crippen MR) is 48.6 cm³/mol. The molecule has 64 valence electrons. The summed E-state index contributed by atoms with van der Waals surface area (Å²) < 4.78 is 0. The van der Waals surface area contributed by atoms with Gasteiger partial charge in [-0.05, 0) is 0 Å². The van der Waals surface area contributed by atoms with Gasteiger partial charge in [0.2, 0.25) is 5.43 Å². The van der Waals surface area contributed by atoms with Gasteiger partial charge in [0.25, 0.3) is 5.43 Å². The maximum Gasteiger partial charge on any atom is 0.254 e. The van der Waals surface area contributed by atoms with Crippen LogP contribution in [0.2, 0.25) is 0 Å².